The average Bonchev–Trinajstić information content (AvgIpc) is 3.12. The highest BCUT2D eigenvalue weighted by molar-refractivity contribution is 6.01. The fourth-order valence-electron chi connectivity index (χ4n) is 4.63. The lowest BCUT2D eigenvalue weighted by molar-refractivity contribution is -0.138. The van der Waals surface area contributed by atoms with E-state index in [1.807, 2.05) is 0 Å². The lowest BCUT2D eigenvalue weighted by Crippen LogP contribution is -2.37. The first-order valence-electron chi connectivity index (χ1n) is 14.2. The molecule has 0 saturated carbocycles. The number of nitrogens with zero attached hydrogens (tertiary/aromatic N) is 1. The zero-order chi connectivity index (χ0) is 24.0. The maximum absolute atomic E-state index is 11.9. The van der Waals surface area contributed by atoms with Crippen molar-refractivity contribution in [3.8, 4) is 0 Å². The highest BCUT2D eigenvalue weighted by Gasteiger charge is 2.28. The summed E-state index contributed by atoms with van der Waals surface area (Å²) < 4.78 is 0. The molecule has 0 aromatic heterocycles. The summed E-state index contributed by atoms with van der Waals surface area (Å²) in [5.74, 6) is -0.206. The Hall–Kier alpha value is -1.39. The lowest BCUT2D eigenvalue weighted by atomic mass is 10.0. The minimum Gasteiger partial charge on any atom is -0.354 e. The SMILES string of the molecule is CCCCCCCCCCCCCCCCCCCCCC(=O)NCCN1C(=O)CCC1=O. The van der Waals surface area contributed by atoms with E-state index in [9.17, 15) is 14.4 Å². The van der Waals surface area contributed by atoms with Crippen molar-refractivity contribution in [3.05, 3.63) is 0 Å². The number of hydrogen-bond donors (Lipinski definition) is 1. The number of carbonyl (C=O) groups excluding carboxylic acids is 3. The van der Waals surface area contributed by atoms with Crippen molar-refractivity contribution < 1.29 is 14.4 Å². The lowest BCUT2D eigenvalue weighted by Gasteiger charge is -2.13. The molecular formula is C28H52N2O3. The van der Waals surface area contributed by atoms with Gasteiger partial charge >= 0.3 is 0 Å². The normalized spacial score (nSPS) is 13.8. The van der Waals surface area contributed by atoms with Crippen LogP contribution < -0.4 is 5.32 Å². The number of unbranched alkanes of at least 4 members (excludes halogenated alkanes) is 18. The topological polar surface area (TPSA) is 66.5 Å². The number of likely N-dealkylation sites (tertiary alicyclic amines) is 1. The van der Waals surface area contributed by atoms with Gasteiger partial charge in [-0.25, -0.2) is 0 Å². The van der Waals surface area contributed by atoms with Gasteiger partial charge in [-0.05, 0) is 6.42 Å². The van der Waals surface area contributed by atoms with Crippen LogP contribution in [0.15, 0.2) is 0 Å². The maximum atomic E-state index is 11.9. The van der Waals surface area contributed by atoms with Gasteiger partial charge in [0.25, 0.3) is 0 Å². The molecule has 0 atom stereocenters. The van der Waals surface area contributed by atoms with E-state index in [-0.39, 0.29) is 17.7 Å². The van der Waals surface area contributed by atoms with Gasteiger partial charge in [0.05, 0.1) is 0 Å². The average molecular weight is 465 g/mol. The first-order valence-corrected chi connectivity index (χ1v) is 14.2. The summed E-state index contributed by atoms with van der Waals surface area (Å²) in [6.45, 7) is 2.96. The van der Waals surface area contributed by atoms with E-state index >= 15 is 0 Å². The van der Waals surface area contributed by atoms with Crippen LogP contribution in [0.3, 0.4) is 0 Å². The summed E-state index contributed by atoms with van der Waals surface area (Å²) in [4.78, 5) is 36.2. The van der Waals surface area contributed by atoms with Crippen LogP contribution in [-0.4, -0.2) is 35.7 Å². The maximum Gasteiger partial charge on any atom is 0.229 e. The fourth-order valence-corrected chi connectivity index (χ4v) is 4.63. The van der Waals surface area contributed by atoms with Crippen LogP contribution in [0.2, 0.25) is 0 Å². The number of imide groups is 1. The summed E-state index contributed by atoms with van der Waals surface area (Å²) >= 11 is 0. The second-order valence-corrected chi connectivity index (χ2v) is 9.90. The van der Waals surface area contributed by atoms with Crippen molar-refractivity contribution in [1.82, 2.24) is 10.2 Å². The standard InChI is InChI=1S/C28H52N2O3/c1-2-3-4-5-6-7-8-9-10-11-12-13-14-15-16-17-18-19-20-21-26(31)29-24-25-30-27(32)22-23-28(30)33/h2-25H2,1H3,(H,29,31). The fraction of sp³-hybridized carbons (Fsp3) is 0.893. The number of nitrogens with one attached hydrogen (secondary N) is 1. The third kappa shape index (κ3) is 16.8. The smallest absolute Gasteiger partial charge is 0.229 e. The molecule has 0 radical (unpaired) electrons. The molecule has 1 fully saturated rings. The Morgan fingerprint density at radius 2 is 1.00 bits per heavy atom. The molecule has 1 aliphatic rings. The van der Waals surface area contributed by atoms with Crippen LogP contribution >= 0.6 is 0 Å². The minimum absolute atomic E-state index is 0.0288. The second-order valence-electron chi connectivity index (χ2n) is 9.90. The summed E-state index contributed by atoms with van der Waals surface area (Å²) in [6.07, 6.45) is 26.8. The molecule has 0 aromatic carbocycles. The van der Waals surface area contributed by atoms with E-state index < -0.39 is 0 Å². The first-order chi connectivity index (χ1) is 16.1. The van der Waals surface area contributed by atoms with Crippen LogP contribution in [0.4, 0.5) is 0 Å². The third-order valence-corrected chi connectivity index (χ3v) is 6.82. The predicted octanol–water partition coefficient (Wildman–Crippen LogP) is 7.07. The Morgan fingerprint density at radius 1 is 0.636 bits per heavy atom. The molecule has 0 aliphatic carbocycles. The molecule has 0 aromatic rings. The molecule has 192 valence electrons. The molecular weight excluding hydrogens is 412 g/mol. The summed E-state index contributed by atoms with van der Waals surface area (Å²) in [5.41, 5.74) is 0. The van der Waals surface area contributed by atoms with Gasteiger partial charge in [0.15, 0.2) is 0 Å². The highest BCUT2D eigenvalue weighted by Crippen LogP contribution is 2.15. The van der Waals surface area contributed by atoms with E-state index in [2.05, 4.69) is 12.2 Å². The molecule has 1 N–H and O–H groups in total. The predicted molar refractivity (Wildman–Crippen MR) is 137 cm³/mol. The minimum atomic E-state index is -0.118. The van der Waals surface area contributed by atoms with Gasteiger partial charge in [0.1, 0.15) is 0 Å². The molecule has 1 heterocycles. The molecule has 1 rings (SSSR count). The Kier molecular flexibility index (Phi) is 19.0. The van der Waals surface area contributed by atoms with Gasteiger partial charge in [-0.1, -0.05) is 122 Å². The Labute approximate surface area is 203 Å². The summed E-state index contributed by atoms with van der Waals surface area (Å²) in [6, 6.07) is 0. The van der Waals surface area contributed by atoms with Gasteiger partial charge in [-0.2, -0.15) is 0 Å². The molecule has 5 nitrogen and oxygen atoms in total. The Morgan fingerprint density at radius 3 is 1.39 bits per heavy atom. The first kappa shape index (κ1) is 29.6. The molecule has 0 spiro atoms. The van der Waals surface area contributed by atoms with E-state index in [1.165, 1.54) is 114 Å². The molecule has 1 aliphatic heterocycles. The highest BCUT2D eigenvalue weighted by atomic mass is 16.2. The number of rotatable bonds is 23. The van der Waals surface area contributed by atoms with E-state index in [4.69, 9.17) is 0 Å². The van der Waals surface area contributed by atoms with Crippen LogP contribution in [0.5, 0.6) is 0 Å². The third-order valence-electron chi connectivity index (χ3n) is 6.82. The van der Waals surface area contributed by atoms with Gasteiger partial charge < -0.3 is 5.32 Å². The molecule has 3 amide bonds. The summed E-state index contributed by atoms with van der Waals surface area (Å²) in [5, 5.41) is 2.82. The van der Waals surface area contributed by atoms with Crippen molar-refractivity contribution in [2.75, 3.05) is 13.1 Å². The molecule has 5 heteroatoms. The van der Waals surface area contributed by atoms with Crippen molar-refractivity contribution in [2.45, 2.75) is 148 Å². The number of carbonyl (C=O) groups is 3. The Balaban J connectivity index is 1.74. The zero-order valence-electron chi connectivity index (χ0n) is 21.6. The molecule has 1 saturated heterocycles. The largest absolute Gasteiger partial charge is 0.354 e. The molecule has 0 bridgehead atoms. The van der Waals surface area contributed by atoms with E-state index in [0.717, 1.165) is 12.8 Å². The number of hydrogen-bond acceptors (Lipinski definition) is 3. The van der Waals surface area contributed by atoms with Crippen molar-refractivity contribution in [1.29, 1.82) is 0 Å². The van der Waals surface area contributed by atoms with Gasteiger partial charge in [0, 0.05) is 32.4 Å². The van der Waals surface area contributed by atoms with E-state index in [0.29, 0.717) is 32.4 Å². The second kappa shape index (κ2) is 21.2. The van der Waals surface area contributed by atoms with Crippen LogP contribution in [0.25, 0.3) is 0 Å². The van der Waals surface area contributed by atoms with Gasteiger partial charge in [-0.3, -0.25) is 19.3 Å². The Bertz CT molecular complexity index is 505. The van der Waals surface area contributed by atoms with Crippen molar-refractivity contribution in [2.24, 2.45) is 0 Å². The van der Waals surface area contributed by atoms with Crippen LogP contribution in [0.1, 0.15) is 148 Å². The van der Waals surface area contributed by atoms with Crippen molar-refractivity contribution in [3.63, 3.8) is 0 Å². The van der Waals surface area contributed by atoms with Gasteiger partial charge in [0.2, 0.25) is 17.7 Å². The molecule has 0 unspecified atom stereocenters. The van der Waals surface area contributed by atoms with Crippen molar-refractivity contribution >= 4 is 17.7 Å². The van der Waals surface area contributed by atoms with Crippen LogP contribution in [-0.2, 0) is 14.4 Å². The van der Waals surface area contributed by atoms with E-state index in [1.54, 1.807) is 0 Å². The zero-order valence-corrected chi connectivity index (χ0v) is 21.6. The number of amides is 3. The van der Waals surface area contributed by atoms with Crippen LogP contribution in [0, 0.1) is 0 Å². The quantitative estimate of drug-likeness (QED) is 0.130. The monoisotopic (exact) mass is 464 g/mol. The molecule has 33 heavy (non-hydrogen) atoms. The summed E-state index contributed by atoms with van der Waals surface area (Å²) in [7, 11) is 0. The van der Waals surface area contributed by atoms with Gasteiger partial charge in [-0.15, -0.1) is 0 Å².